The molecule has 2 aromatic rings. The smallest absolute Gasteiger partial charge is 0.340 e. The van der Waals surface area contributed by atoms with Crippen molar-refractivity contribution in [2.24, 2.45) is 0 Å². The summed E-state index contributed by atoms with van der Waals surface area (Å²) in [4.78, 5) is 12.2. The molecule has 0 saturated carbocycles. The van der Waals surface area contributed by atoms with E-state index in [-0.39, 0.29) is 27.6 Å². The highest BCUT2D eigenvalue weighted by Crippen LogP contribution is 2.35. The van der Waals surface area contributed by atoms with Crippen molar-refractivity contribution in [3.63, 3.8) is 0 Å². The van der Waals surface area contributed by atoms with Gasteiger partial charge in [0, 0.05) is 16.6 Å². The average Bonchev–Trinajstić information content (AvgIpc) is 2.62. The minimum Gasteiger partial charge on any atom is -0.493 e. The van der Waals surface area contributed by atoms with Crippen LogP contribution >= 0.6 is 15.9 Å². The fourth-order valence-electron chi connectivity index (χ4n) is 2.31. The maximum atomic E-state index is 12.8. The van der Waals surface area contributed by atoms with Gasteiger partial charge in [-0.25, -0.2) is 13.2 Å². The van der Waals surface area contributed by atoms with E-state index in [4.69, 9.17) is 14.2 Å². The summed E-state index contributed by atoms with van der Waals surface area (Å²) in [7, 11) is 0.0642. The van der Waals surface area contributed by atoms with Crippen LogP contribution in [-0.4, -0.2) is 35.7 Å². The van der Waals surface area contributed by atoms with Crippen LogP contribution in [0.2, 0.25) is 0 Å². The number of nitrogens with one attached hydrogen (secondary N) is 1. The first-order valence-electron chi connectivity index (χ1n) is 7.36. The lowest BCUT2D eigenvalue weighted by Gasteiger charge is -2.16. The fraction of sp³-hybridized carbons (Fsp3) is 0.235. The second-order valence-electron chi connectivity index (χ2n) is 5.26. The highest BCUT2D eigenvalue weighted by molar-refractivity contribution is 9.10. The Kier molecular flexibility index (Phi) is 6.14. The molecule has 0 heterocycles. The number of carbonyl (C=O) groups is 1. The molecule has 7 nitrogen and oxygen atoms in total. The predicted molar refractivity (Wildman–Crippen MR) is 101 cm³/mol. The molecular formula is C17H18BrNO6S. The van der Waals surface area contributed by atoms with Crippen LogP contribution in [0, 0.1) is 6.92 Å². The quantitative estimate of drug-likeness (QED) is 0.688. The molecule has 1 N–H and O–H groups in total. The van der Waals surface area contributed by atoms with Crippen molar-refractivity contribution in [2.75, 3.05) is 26.1 Å². The van der Waals surface area contributed by atoms with E-state index in [0.717, 1.165) is 0 Å². The number of hydrogen-bond acceptors (Lipinski definition) is 6. The SMILES string of the molecule is COC(=O)c1cc(OC)c(OC)cc1NS(=O)(=O)c1cc(Br)ccc1C. The molecule has 0 radical (unpaired) electrons. The predicted octanol–water partition coefficient (Wildman–Crippen LogP) is 3.36. The van der Waals surface area contributed by atoms with E-state index >= 15 is 0 Å². The lowest BCUT2D eigenvalue weighted by atomic mass is 10.1. The van der Waals surface area contributed by atoms with Crippen molar-refractivity contribution < 1.29 is 27.4 Å². The molecule has 0 aliphatic heterocycles. The van der Waals surface area contributed by atoms with E-state index in [9.17, 15) is 13.2 Å². The summed E-state index contributed by atoms with van der Waals surface area (Å²) in [6, 6.07) is 7.63. The maximum absolute atomic E-state index is 12.8. The molecule has 0 fully saturated rings. The molecule has 0 atom stereocenters. The van der Waals surface area contributed by atoms with Crippen LogP contribution in [0.3, 0.4) is 0 Å². The van der Waals surface area contributed by atoms with Crippen molar-refractivity contribution in [2.45, 2.75) is 11.8 Å². The maximum Gasteiger partial charge on any atom is 0.340 e. The lowest BCUT2D eigenvalue weighted by molar-refractivity contribution is 0.0601. The number of aryl methyl sites for hydroxylation is 1. The van der Waals surface area contributed by atoms with Crippen LogP contribution in [0.25, 0.3) is 0 Å². The third-order valence-corrected chi connectivity index (χ3v) is 5.61. The zero-order chi connectivity index (χ0) is 19.5. The number of benzene rings is 2. The molecule has 0 unspecified atom stereocenters. The first kappa shape index (κ1) is 20.1. The Morgan fingerprint density at radius 3 is 2.23 bits per heavy atom. The van der Waals surface area contributed by atoms with E-state index in [2.05, 4.69) is 20.7 Å². The Morgan fingerprint density at radius 2 is 1.65 bits per heavy atom. The van der Waals surface area contributed by atoms with Gasteiger partial charge in [0.1, 0.15) is 0 Å². The molecule has 26 heavy (non-hydrogen) atoms. The molecule has 2 rings (SSSR count). The number of halogens is 1. The zero-order valence-corrected chi connectivity index (χ0v) is 17.0. The second kappa shape index (κ2) is 7.96. The molecule has 0 aromatic heterocycles. The van der Waals surface area contributed by atoms with Gasteiger partial charge < -0.3 is 14.2 Å². The topological polar surface area (TPSA) is 90.9 Å². The van der Waals surface area contributed by atoms with Crippen LogP contribution in [-0.2, 0) is 14.8 Å². The van der Waals surface area contributed by atoms with Gasteiger partial charge in [0.05, 0.1) is 37.5 Å². The third kappa shape index (κ3) is 4.10. The van der Waals surface area contributed by atoms with Crippen molar-refractivity contribution >= 4 is 37.6 Å². The molecule has 0 amide bonds. The van der Waals surface area contributed by atoms with E-state index in [1.807, 2.05) is 0 Å². The number of ether oxygens (including phenoxy) is 3. The molecular weight excluding hydrogens is 426 g/mol. The second-order valence-corrected chi connectivity index (χ2v) is 7.83. The van der Waals surface area contributed by atoms with E-state index in [1.165, 1.54) is 39.5 Å². The molecule has 0 aliphatic carbocycles. The van der Waals surface area contributed by atoms with Gasteiger partial charge in [-0.15, -0.1) is 0 Å². The molecule has 9 heteroatoms. The van der Waals surface area contributed by atoms with E-state index < -0.39 is 16.0 Å². The zero-order valence-electron chi connectivity index (χ0n) is 14.6. The summed E-state index contributed by atoms with van der Waals surface area (Å²) < 4.78 is 43.8. The first-order valence-corrected chi connectivity index (χ1v) is 9.64. The normalized spacial score (nSPS) is 11.0. The number of esters is 1. The summed E-state index contributed by atoms with van der Waals surface area (Å²) in [6.07, 6.45) is 0. The third-order valence-electron chi connectivity index (χ3n) is 3.61. The van der Waals surface area contributed by atoms with Crippen LogP contribution < -0.4 is 14.2 Å². The largest absolute Gasteiger partial charge is 0.493 e. The molecule has 2 aromatic carbocycles. The monoisotopic (exact) mass is 443 g/mol. The minimum atomic E-state index is -3.96. The van der Waals surface area contributed by atoms with Crippen LogP contribution in [0.15, 0.2) is 39.7 Å². The van der Waals surface area contributed by atoms with Gasteiger partial charge in [-0.05, 0) is 24.6 Å². The van der Waals surface area contributed by atoms with Crippen LogP contribution in [0.4, 0.5) is 5.69 Å². The van der Waals surface area contributed by atoms with Crippen LogP contribution in [0.1, 0.15) is 15.9 Å². The minimum absolute atomic E-state index is 0.00127. The van der Waals surface area contributed by atoms with Crippen molar-refractivity contribution in [3.05, 3.63) is 45.9 Å². The van der Waals surface area contributed by atoms with Gasteiger partial charge in [0.15, 0.2) is 11.5 Å². The standard InChI is InChI=1S/C17H18BrNO6S/c1-10-5-6-11(18)7-16(10)26(21,22)19-13-9-15(24-3)14(23-2)8-12(13)17(20)25-4/h5-9,19H,1-4H3. The lowest BCUT2D eigenvalue weighted by Crippen LogP contribution is -2.17. The average molecular weight is 444 g/mol. The molecule has 0 saturated heterocycles. The number of rotatable bonds is 6. The number of hydrogen-bond donors (Lipinski definition) is 1. The van der Waals surface area contributed by atoms with Crippen molar-refractivity contribution in [1.82, 2.24) is 0 Å². The van der Waals surface area contributed by atoms with E-state index in [1.54, 1.807) is 19.1 Å². The summed E-state index contributed by atoms with van der Waals surface area (Å²) in [5.74, 6) is -0.173. The van der Waals surface area contributed by atoms with Crippen LogP contribution in [0.5, 0.6) is 11.5 Å². The molecule has 0 aliphatic rings. The Labute approximate surface area is 160 Å². The van der Waals surface area contributed by atoms with E-state index in [0.29, 0.717) is 10.0 Å². The van der Waals surface area contributed by atoms with Crippen molar-refractivity contribution in [3.8, 4) is 11.5 Å². The van der Waals surface area contributed by atoms with Gasteiger partial charge in [-0.1, -0.05) is 22.0 Å². The van der Waals surface area contributed by atoms with Gasteiger partial charge in [0.25, 0.3) is 10.0 Å². The molecule has 0 bridgehead atoms. The Morgan fingerprint density at radius 1 is 1.04 bits per heavy atom. The van der Waals surface area contributed by atoms with Gasteiger partial charge >= 0.3 is 5.97 Å². The Hall–Kier alpha value is -2.26. The number of methoxy groups -OCH3 is 3. The highest BCUT2D eigenvalue weighted by atomic mass is 79.9. The number of anilines is 1. The molecule has 140 valence electrons. The Balaban J connectivity index is 2.60. The summed E-state index contributed by atoms with van der Waals surface area (Å²) in [5.41, 5.74) is 0.580. The molecule has 0 spiro atoms. The summed E-state index contributed by atoms with van der Waals surface area (Å²) >= 11 is 3.26. The van der Waals surface area contributed by atoms with Crippen molar-refractivity contribution in [1.29, 1.82) is 0 Å². The highest BCUT2D eigenvalue weighted by Gasteiger charge is 2.23. The number of carbonyl (C=O) groups excluding carboxylic acids is 1. The fourth-order valence-corrected chi connectivity index (χ4v) is 4.16. The van der Waals surface area contributed by atoms with Gasteiger partial charge in [-0.2, -0.15) is 0 Å². The summed E-state index contributed by atoms with van der Waals surface area (Å²) in [6.45, 7) is 1.68. The summed E-state index contributed by atoms with van der Waals surface area (Å²) in [5, 5.41) is 0. The van der Waals surface area contributed by atoms with Gasteiger partial charge in [-0.3, -0.25) is 4.72 Å². The first-order chi connectivity index (χ1) is 12.2. The number of sulfonamides is 1. The Bertz CT molecular complexity index is 943. The van der Waals surface area contributed by atoms with Gasteiger partial charge in [0.2, 0.25) is 0 Å².